The molecule has 0 N–H and O–H groups in total. The molecule has 118 valence electrons. The summed E-state index contributed by atoms with van der Waals surface area (Å²) >= 11 is 0. The number of hydrogen-bond donors (Lipinski definition) is 0. The second-order valence-electron chi connectivity index (χ2n) is 5.72. The third-order valence-electron chi connectivity index (χ3n) is 4.31. The Kier molecular flexibility index (Phi) is 3.85. The van der Waals surface area contributed by atoms with E-state index in [-0.39, 0.29) is 0 Å². The maximum absolute atomic E-state index is 4.28. The molecular weight excluding hydrogens is 290 g/mol. The fourth-order valence-electron chi connectivity index (χ4n) is 2.99. The standard InChI is InChI=1S/C16H19N7/c1-2-16-14(12-17-13-18-16)11-15(1)22-8-5-21(6-9-22)7-10-23-19-3-4-20-23/h1-4,11-13H,5-10H2. The Hall–Kier alpha value is -2.54. The zero-order chi connectivity index (χ0) is 15.5. The molecule has 1 aliphatic rings. The highest BCUT2D eigenvalue weighted by atomic mass is 15.5. The zero-order valence-corrected chi connectivity index (χ0v) is 12.9. The van der Waals surface area contributed by atoms with Gasteiger partial charge in [0.2, 0.25) is 0 Å². The molecule has 0 aliphatic carbocycles. The molecule has 0 amide bonds. The van der Waals surface area contributed by atoms with E-state index in [9.17, 15) is 0 Å². The molecule has 4 rings (SSSR count). The van der Waals surface area contributed by atoms with Crippen LogP contribution in [0.2, 0.25) is 0 Å². The molecule has 2 aromatic heterocycles. The van der Waals surface area contributed by atoms with Crippen LogP contribution in [0.1, 0.15) is 0 Å². The molecule has 1 saturated heterocycles. The SMILES string of the molecule is c1ncc2cc(N3CCN(CCn4nccn4)CC3)ccc2n1. The fourth-order valence-corrected chi connectivity index (χ4v) is 2.99. The summed E-state index contributed by atoms with van der Waals surface area (Å²) in [7, 11) is 0. The van der Waals surface area contributed by atoms with Crippen LogP contribution in [0.4, 0.5) is 5.69 Å². The van der Waals surface area contributed by atoms with Crippen LogP contribution in [-0.2, 0) is 6.54 Å². The van der Waals surface area contributed by atoms with Crippen LogP contribution in [0.15, 0.2) is 43.1 Å². The maximum atomic E-state index is 4.28. The Balaban J connectivity index is 1.36. The molecular formula is C16H19N7. The first-order valence-corrected chi connectivity index (χ1v) is 7.90. The molecule has 0 saturated carbocycles. The molecule has 1 fully saturated rings. The summed E-state index contributed by atoms with van der Waals surface area (Å²) in [6.45, 7) is 6.03. The number of anilines is 1. The van der Waals surface area contributed by atoms with Crippen LogP contribution in [0.5, 0.6) is 0 Å². The second-order valence-corrected chi connectivity index (χ2v) is 5.72. The van der Waals surface area contributed by atoms with Crippen LogP contribution in [0, 0.1) is 0 Å². The minimum Gasteiger partial charge on any atom is -0.369 e. The number of hydrogen-bond acceptors (Lipinski definition) is 6. The molecule has 0 atom stereocenters. The molecule has 7 nitrogen and oxygen atoms in total. The van der Waals surface area contributed by atoms with Gasteiger partial charge in [0.15, 0.2) is 0 Å². The molecule has 7 heteroatoms. The van der Waals surface area contributed by atoms with Crippen molar-refractivity contribution in [1.82, 2.24) is 29.9 Å². The summed E-state index contributed by atoms with van der Waals surface area (Å²) in [6.07, 6.45) is 6.91. The van der Waals surface area contributed by atoms with Crippen LogP contribution in [-0.4, -0.2) is 62.6 Å². The van der Waals surface area contributed by atoms with Crippen LogP contribution >= 0.6 is 0 Å². The van der Waals surface area contributed by atoms with Crippen molar-refractivity contribution < 1.29 is 0 Å². The number of benzene rings is 1. The molecule has 23 heavy (non-hydrogen) atoms. The molecule has 3 heterocycles. The summed E-state index contributed by atoms with van der Waals surface area (Å²) < 4.78 is 0. The smallest absolute Gasteiger partial charge is 0.116 e. The van der Waals surface area contributed by atoms with Gasteiger partial charge in [0, 0.05) is 50.0 Å². The molecule has 1 aromatic carbocycles. The third-order valence-corrected chi connectivity index (χ3v) is 4.31. The Bertz CT molecular complexity index is 763. The second kappa shape index (κ2) is 6.29. The molecule has 0 radical (unpaired) electrons. The highest BCUT2D eigenvalue weighted by Gasteiger charge is 2.17. The van der Waals surface area contributed by atoms with E-state index in [1.807, 2.05) is 6.20 Å². The normalized spacial score (nSPS) is 16.1. The Morgan fingerprint density at radius 3 is 2.61 bits per heavy atom. The summed E-state index contributed by atoms with van der Waals surface area (Å²) in [5.74, 6) is 0. The monoisotopic (exact) mass is 309 g/mol. The largest absolute Gasteiger partial charge is 0.369 e. The lowest BCUT2D eigenvalue weighted by molar-refractivity contribution is 0.239. The van der Waals surface area contributed by atoms with Crippen molar-refractivity contribution in [3.63, 3.8) is 0 Å². The summed E-state index contributed by atoms with van der Waals surface area (Å²) in [6, 6.07) is 6.40. The van der Waals surface area contributed by atoms with Gasteiger partial charge >= 0.3 is 0 Å². The first-order chi connectivity index (χ1) is 11.4. The topological polar surface area (TPSA) is 63.0 Å². The van der Waals surface area contributed by atoms with Gasteiger partial charge in [-0.25, -0.2) is 9.97 Å². The van der Waals surface area contributed by atoms with E-state index in [0.29, 0.717) is 0 Å². The number of aromatic nitrogens is 5. The van der Waals surface area contributed by atoms with Crippen molar-refractivity contribution in [2.24, 2.45) is 0 Å². The van der Waals surface area contributed by atoms with E-state index >= 15 is 0 Å². The fraction of sp³-hybridized carbons (Fsp3) is 0.375. The number of fused-ring (bicyclic) bond motifs is 1. The highest BCUT2D eigenvalue weighted by molar-refractivity contribution is 5.81. The number of rotatable bonds is 4. The van der Waals surface area contributed by atoms with Gasteiger partial charge in [0.05, 0.1) is 24.5 Å². The van der Waals surface area contributed by atoms with Crippen LogP contribution in [0.25, 0.3) is 10.9 Å². The third kappa shape index (κ3) is 3.14. The van der Waals surface area contributed by atoms with Crippen molar-refractivity contribution in [3.05, 3.63) is 43.1 Å². The van der Waals surface area contributed by atoms with Gasteiger partial charge in [0.1, 0.15) is 6.33 Å². The van der Waals surface area contributed by atoms with Gasteiger partial charge < -0.3 is 4.90 Å². The lowest BCUT2D eigenvalue weighted by Gasteiger charge is -2.36. The van der Waals surface area contributed by atoms with Crippen molar-refractivity contribution in [2.75, 3.05) is 37.6 Å². The van der Waals surface area contributed by atoms with Gasteiger partial charge in [-0.1, -0.05) is 0 Å². The lowest BCUT2D eigenvalue weighted by atomic mass is 10.2. The average molecular weight is 309 g/mol. The van der Waals surface area contributed by atoms with Crippen molar-refractivity contribution in [2.45, 2.75) is 6.54 Å². The predicted molar refractivity (Wildman–Crippen MR) is 88.2 cm³/mol. The average Bonchev–Trinajstić information content (AvgIpc) is 3.14. The van der Waals surface area contributed by atoms with E-state index in [4.69, 9.17) is 0 Å². The van der Waals surface area contributed by atoms with E-state index in [0.717, 1.165) is 50.2 Å². The van der Waals surface area contributed by atoms with Gasteiger partial charge in [-0.3, -0.25) is 4.90 Å². The van der Waals surface area contributed by atoms with E-state index in [1.54, 1.807) is 23.5 Å². The number of nitrogens with zero attached hydrogens (tertiary/aromatic N) is 7. The Morgan fingerprint density at radius 2 is 1.78 bits per heavy atom. The zero-order valence-electron chi connectivity index (χ0n) is 12.9. The van der Waals surface area contributed by atoms with E-state index < -0.39 is 0 Å². The van der Waals surface area contributed by atoms with Gasteiger partial charge in [-0.2, -0.15) is 15.0 Å². The summed E-state index contributed by atoms with van der Waals surface area (Å²) in [5.41, 5.74) is 2.25. The molecule has 0 spiro atoms. The van der Waals surface area contributed by atoms with Gasteiger partial charge in [0.25, 0.3) is 0 Å². The van der Waals surface area contributed by atoms with Crippen molar-refractivity contribution in [3.8, 4) is 0 Å². The van der Waals surface area contributed by atoms with Crippen molar-refractivity contribution in [1.29, 1.82) is 0 Å². The summed E-state index contributed by atoms with van der Waals surface area (Å²) in [4.78, 5) is 15.0. The molecule has 3 aromatic rings. The Labute approximate surface area is 134 Å². The maximum Gasteiger partial charge on any atom is 0.116 e. The summed E-state index contributed by atoms with van der Waals surface area (Å²) in [5, 5.41) is 9.39. The molecule has 0 unspecified atom stereocenters. The lowest BCUT2D eigenvalue weighted by Crippen LogP contribution is -2.47. The Morgan fingerprint density at radius 1 is 0.957 bits per heavy atom. The van der Waals surface area contributed by atoms with Gasteiger partial charge in [-0.05, 0) is 18.2 Å². The minimum absolute atomic E-state index is 0.848. The quantitative estimate of drug-likeness (QED) is 0.718. The first kappa shape index (κ1) is 14.1. The first-order valence-electron chi connectivity index (χ1n) is 7.90. The highest BCUT2D eigenvalue weighted by Crippen LogP contribution is 2.21. The minimum atomic E-state index is 0.848. The molecule has 1 aliphatic heterocycles. The van der Waals surface area contributed by atoms with Crippen molar-refractivity contribution >= 4 is 16.6 Å². The van der Waals surface area contributed by atoms with Crippen LogP contribution in [0.3, 0.4) is 0 Å². The van der Waals surface area contributed by atoms with E-state index in [2.05, 4.69) is 48.2 Å². The number of piperazine rings is 1. The van der Waals surface area contributed by atoms with E-state index in [1.165, 1.54) is 5.69 Å². The molecule has 0 bridgehead atoms. The van der Waals surface area contributed by atoms with Crippen LogP contribution < -0.4 is 4.90 Å². The predicted octanol–water partition coefficient (Wildman–Crippen LogP) is 1.04. The van der Waals surface area contributed by atoms with Gasteiger partial charge in [-0.15, -0.1) is 0 Å².